The molecule has 0 bridgehead atoms. The molecule has 0 radical (unpaired) electrons. The van der Waals surface area contributed by atoms with Crippen LogP contribution in [0.2, 0.25) is 0 Å². The lowest BCUT2D eigenvalue weighted by Gasteiger charge is -2.20. The molecule has 0 aliphatic carbocycles. The smallest absolute Gasteiger partial charge is 0.261 e. The summed E-state index contributed by atoms with van der Waals surface area (Å²) in [5.74, 6) is 0. The summed E-state index contributed by atoms with van der Waals surface area (Å²) in [7, 11) is 2.05. The Morgan fingerprint density at radius 2 is 2.19 bits per heavy atom. The summed E-state index contributed by atoms with van der Waals surface area (Å²) >= 11 is 0. The number of aryl methyl sites for hydroxylation is 1. The lowest BCUT2D eigenvalue weighted by Crippen LogP contribution is -2.33. The van der Waals surface area contributed by atoms with E-state index in [2.05, 4.69) is 16.9 Å². The molecule has 21 heavy (non-hydrogen) atoms. The molecule has 0 spiro atoms. The summed E-state index contributed by atoms with van der Waals surface area (Å²) in [6.07, 6.45) is 1.72. The SMILES string of the molecule is CCO[C@H]1CN(C)C[C@@H]1n1cnc2c(C)cccc2c1=O. The molecule has 2 atom stereocenters. The average Bonchev–Trinajstić information content (AvgIpc) is 2.81. The first-order chi connectivity index (χ1) is 10.1. The van der Waals surface area contributed by atoms with Crippen molar-refractivity contribution in [2.24, 2.45) is 0 Å². The monoisotopic (exact) mass is 287 g/mol. The molecule has 1 saturated heterocycles. The summed E-state index contributed by atoms with van der Waals surface area (Å²) in [5, 5.41) is 0.683. The molecule has 5 nitrogen and oxygen atoms in total. The predicted molar refractivity (Wildman–Crippen MR) is 82.7 cm³/mol. The third kappa shape index (κ3) is 2.47. The molecule has 0 N–H and O–H groups in total. The minimum Gasteiger partial charge on any atom is -0.375 e. The van der Waals surface area contributed by atoms with Gasteiger partial charge in [0, 0.05) is 19.7 Å². The number of ether oxygens (including phenoxy) is 1. The Labute approximate surface area is 124 Å². The zero-order chi connectivity index (χ0) is 15.0. The lowest BCUT2D eigenvalue weighted by atomic mass is 10.1. The maximum atomic E-state index is 12.8. The van der Waals surface area contributed by atoms with E-state index < -0.39 is 0 Å². The first-order valence-corrected chi connectivity index (χ1v) is 7.38. The summed E-state index contributed by atoms with van der Waals surface area (Å²) < 4.78 is 7.54. The first-order valence-electron chi connectivity index (χ1n) is 7.38. The second-order valence-electron chi connectivity index (χ2n) is 5.71. The second-order valence-corrected chi connectivity index (χ2v) is 5.71. The summed E-state index contributed by atoms with van der Waals surface area (Å²) in [6, 6.07) is 5.76. The molecule has 2 heterocycles. The predicted octanol–water partition coefficient (Wildman–Crippen LogP) is 1.60. The Bertz CT molecular complexity index is 710. The van der Waals surface area contributed by atoms with Crippen molar-refractivity contribution in [3.8, 4) is 0 Å². The Morgan fingerprint density at radius 3 is 2.95 bits per heavy atom. The van der Waals surface area contributed by atoms with E-state index in [0.717, 1.165) is 24.2 Å². The summed E-state index contributed by atoms with van der Waals surface area (Å²) in [6.45, 7) is 6.27. The van der Waals surface area contributed by atoms with Crippen LogP contribution in [0.5, 0.6) is 0 Å². The van der Waals surface area contributed by atoms with Crippen LogP contribution in [-0.2, 0) is 4.74 Å². The van der Waals surface area contributed by atoms with Crippen LogP contribution in [0.1, 0.15) is 18.5 Å². The fourth-order valence-corrected chi connectivity index (χ4v) is 3.14. The molecule has 1 aliphatic rings. The Balaban J connectivity index is 2.08. The van der Waals surface area contributed by atoms with Gasteiger partial charge >= 0.3 is 0 Å². The number of likely N-dealkylation sites (tertiary alicyclic amines) is 1. The zero-order valence-corrected chi connectivity index (χ0v) is 12.7. The van der Waals surface area contributed by atoms with Gasteiger partial charge in [0.1, 0.15) is 0 Å². The van der Waals surface area contributed by atoms with E-state index in [9.17, 15) is 4.79 Å². The maximum Gasteiger partial charge on any atom is 0.261 e. The average molecular weight is 287 g/mol. The number of aromatic nitrogens is 2. The van der Waals surface area contributed by atoms with Crippen LogP contribution in [-0.4, -0.2) is 47.3 Å². The van der Waals surface area contributed by atoms with E-state index in [1.165, 1.54) is 0 Å². The Morgan fingerprint density at radius 1 is 1.38 bits per heavy atom. The number of hydrogen-bond acceptors (Lipinski definition) is 4. The molecule has 112 valence electrons. The number of benzene rings is 1. The standard InChI is InChI=1S/C16H21N3O2/c1-4-21-14-9-18(3)8-13(14)19-10-17-15-11(2)6-5-7-12(15)16(19)20/h5-7,10,13-14H,4,8-9H2,1-3H3/t13-,14-/m0/s1. The first kappa shape index (κ1) is 14.2. The van der Waals surface area contributed by atoms with Crippen molar-refractivity contribution in [1.82, 2.24) is 14.5 Å². The van der Waals surface area contributed by atoms with Gasteiger partial charge in [-0.2, -0.15) is 0 Å². The molecule has 3 rings (SSSR count). The third-order valence-electron chi connectivity index (χ3n) is 4.17. The normalized spacial score (nSPS) is 23.0. The molecule has 0 unspecified atom stereocenters. The van der Waals surface area contributed by atoms with Gasteiger partial charge in [0.15, 0.2) is 0 Å². The quantitative estimate of drug-likeness (QED) is 0.860. The van der Waals surface area contributed by atoms with Crippen LogP contribution in [0.25, 0.3) is 10.9 Å². The van der Waals surface area contributed by atoms with E-state index in [1.54, 1.807) is 10.9 Å². The Hall–Kier alpha value is -1.72. The van der Waals surface area contributed by atoms with E-state index >= 15 is 0 Å². The van der Waals surface area contributed by atoms with Crippen molar-refractivity contribution in [1.29, 1.82) is 0 Å². The van der Waals surface area contributed by atoms with Crippen LogP contribution in [0.3, 0.4) is 0 Å². The molecule has 2 aromatic rings. The van der Waals surface area contributed by atoms with Crippen LogP contribution >= 0.6 is 0 Å². The molecule has 0 saturated carbocycles. The number of rotatable bonds is 3. The molecule has 5 heteroatoms. The van der Waals surface area contributed by atoms with Crippen molar-refractivity contribution in [2.45, 2.75) is 26.0 Å². The van der Waals surface area contributed by atoms with Gasteiger partial charge in [0.25, 0.3) is 5.56 Å². The third-order valence-corrected chi connectivity index (χ3v) is 4.17. The van der Waals surface area contributed by atoms with Gasteiger partial charge in [0.05, 0.1) is 29.4 Å². The highest BCUT2D eigenvalue weighted by molar-refractivity contribution is 5.80. The van der Waals surface area contributed by atoms with Crippen molar-refractivity contribution >= 4 is 10.9 Å². The van der Waals surface area contributed by atoms with Crippen LogP contribution in [0.4, 0.5) is 0 Å². The summed E-state index contributed by atoms with van der Waals surface area (Å²) in [4.78, 5) is 19.5. The van der Waals surface area contributed by atoms with E-state index in [4.69, 9.17) is 4.74 Å². The van der Waals surface area contributed by atoms with E-state index in [1.807, 2.05) is 32.0 Å². The Kier molecular flexibility index (Phi) is 3.78. The number of para-hydroxylation sites is 1. The number of fused-ring (bicyclic) bond motifs is 1. The zero-order valence-electron chi connectivity index (χ0n) is 12.7. The number of nitrogens with zero attached hydrogens (tertiary/aromatic N) is 3. The molecule has 0 amide bonds. The number of hydrogen-bond donors (Lipinski definition) is 0. The van der Waals surface area contributed by atoms with E-state index in [-0.39, 0.29) is 17.7 Å². The van der Waals surface area contributed by atoms with Crippen molar-refractivity contribution in [3.05, 3.63) is 40.4 Å². The second kappa shape index (κ2) is 5.58. The number of likely N-dealkylation sites (N-methyl/N-ethyl adjacent to an activating group) is 1. The molecule has 1 aliphatic heterocycles. The fraction of sp³-hybridized carbons (Fsp3) is 0.500. The van der Waals surface area contributed by atoms with Crippen molar-refractivity contribution < 1.29 is 4.74 Å². The highest BCUT2D eigenvalue weighted by Gasteiger charge is 2.33. The molecule has 1 fully saturated rings. The van der Waals surface area contributed by atoms with Gasteiger partial charge in [-0.1, -0.05) is 12.1 Å². The minimum absolute atomic E-state index is 0.0219. The molecule has 1 aromatic carbocycles. The fourth-order valence-electron chi connectivity index (χ4n) is 3.14. The highest BCUT2D eigenvalue weighted by Crippen LogP contribution is 2.23. The molecule has 1 aromatic heterocycles. The van der Waals surface area contributed by atoms with Crippen LogP contribution in [0, 0.1) is 6.92 Å². The maximum absolute atomic E-state index is 12.8. The van der Waals surface area contributed by atoms with Gasteiger partial charge in [-0.25, -0.2) is 4.98 Å². The van der Waals surface area contributed by atoms with Gasteiger partial charge in [-0.3, -0.25) is 9.36 Å². The van der Waals surface area contributed by atoms with Gasteiger partial charge in [-0.15, -0.1) is 0 Å². The van der Waals surface area contributed by atoms with Gasteiger partial charge < -0.3 is 9.64 Å². The van der Waals surface area contributed by atoms with Crippen LogP contribution < -0.4 is 5.56 Å². The topological polar surface area (TPSA) is 47.4 Å². The minimum atomic E-state index is 0.0219. The molecular formula is C16H21N3O2. The van der Waals surface area contributed by atoms with Crippen molar-refractivity contribution in [2.75, 3.05) is 26.7 Å². The molecular weight excluding hydrogens is 266 g/mol. The van der Waals surface area contributed by atoms with E-state index in [0.29, 0.717) is 12.0 Å². The highest BCUT2D eigenvalue weighted by atomic mass is 16.5. The van der Waals surface area contributed by atoms with Gasteiger partial charge in [0.2, 0.25) is 0 Å². The largest absolute Gasteiger partial charge is 0.375 e. The van der Waals surface area contributed by atoms with Crippen LogP contribution in [0.15, 0.2) is 29.3 Å². The van der Waals surface area contributed by atoms with Gasteiger partial charge in [-0.05, 0) is 32.5 Å². The van der Waals surface area contributed by atoms with Crippen molar-refractivity contribution in [3.63, 3.8) is 0 Å². The lowest BCUT2D eigenvalue weighted by molar-refractivity contribution is 0.0459. The summed E-state index contributed by atoms with van der Waals surface area (Å²) in [5.41, 5.74) is 1.84.